The Bertz CT molecular complexity index is 714. The summed E-state index contributed by atoms with van der Waals surface area (Å²) in [5.41, 5.74) is 3.88. The van der Waals surface area contributed by atoms with E-state index in [1.54, 1.807) is 0 Å². The Kier molecular flexibility index (Phi) is 4.87. The molecule has 1 aromatic heterocycles. The number of anilines is 1. The summed E-state index contributed by atoms with van der Waals surface area (Å²) in [5.74, 6) is 1.33. The fourth-order valence-corrected chi connectivity index (χ4v) is 2.54. The lowest BCUT2D eigenvalue weighted by molar-refractivity contribution is 0.271. The van der Waals surface area contributed by atoms with Gasteiger partial charge in [-0.3, -0.25) is 4.98 Å². The number of benzene rings is 1. The smallest absolute Gasteiger partial charge is 0.120 e. The van der Waals surface area contributed by atoms with Crippen molar-refractivity contribution in [2.24, 2.45) is 5.92 Å². The quantitative estimate of drug-likeness (QED) is 0.844. The van der Waals surface area contributed by atoms with Crippen molar-refractivity contribution in [2.45, 2.75) is 27.2 Å². The Hall–Kier alpha value is -2.28. The van der Waals surface area contributed by atoms with Crippen molar-refractivity contribution in [1.29, 1.82) is 5.26 Å². The van der Waals surface area contributed by atoms with E-state index >= 15 is 0 Å². The van der Waals surface area contributed by atoms with E-state index < -0.39 is 0 Å². The predicted molar refractivity (Wildman–Crippen MR) is 90.5 cm³/mol. The van der Waals surface area contributed by atoms with Gasteiger partial charge in [-0.25, -0.2) is 0 Å². The van der Waals surface area contributed by atoms with E-state index in [0.29, 0.717) is 18.9 Å². The van der Waals surface area contributed by atoms with Crippen LogP contribution in [0, 0.1) is 24.2 Å². The van der Waals surface area contributed by atoms with E-state index in [9.17, 15) is 0 Å². The first-order valence-electron chi connectivity index (χ1n) is 7.54. The van der Waals surface area contributed by atoms with E-state index in [-0.39, 0.29) is 0 Å². The van der Waals surface area contributed by atoms with Crippen LogP contribution in [0.3, 0.4) is 0 Å². The molecule has 1 aromatic carbocycles. The summed E-state index contributed by atoms with van der Waals surface area (Å²) >= 11 is 0. The summed E-state index contributed by atoms with van der Waals surface area (Å²) in [5, 5.41) is 10.1. The molecule has 0 saturated carbocycles. The van der Waals surface area contributed by atoms with Gasteiger partial charge >= 0.3 is 0 Å². The highest BCUT2D eigenvalue weighted by Gasteiger charge is 2.15. The maximum absolute atomic E-state index is 9.10. The maximum atomic E-state index is 9.10. The van der Waals surface area contributed by atoms with Crippen LogP contribution in [0.2, 0.25) is 0 Å². The van der Waals surface area contributed by atoms with Crippen LogP contribution in [-0.2, 0) is 6.42 Å². The first-order valence-corrected chi connectivity index (χ1v) is 7.54. The fraction of sp³-hybridized carbons (Fsp3) is 0.444. The Morgan fingerprint density at radius 2 is 2.05 bits per heavy atom. The molecule has 0 unspecified atom stereocenters. The molecule has 0 fully saturated rings. The largest absolute Gasteiger partial charge is 0.493 e. The summed E-state index contributed by atoms with van der Waals surface area (Å²) in [7, 11) is 3.99. The Labute approximate surface area is 132 Å². The number of fused-ring (bicyclic) bond motifs is 1. The molecule has 0 amide bonds. The molecule has 0 aliphatic carbocycles. The molecule has 1 heterocycles. The number of rotatable bonds is 5. The SMILES string of the molecule is Cc1nc2ccc(OCC(C)C)cc2c(N(C)C)c1CC#N. The van der Waals surface area contributed by atoms with Crippen LogP contribution in [0.5, 0.6) is 5.75 Å². The number of hydrogen-bond donors (Lipinski definition) is 0. The van der Waals surface area contributed by atoms with Crippen LogP contribution >= 0.6 is 0 Å². The maximum Gasteiger partial charge on any atom is 0.120 e. The van der Waals surface area contributed by atoms with Crippen LogP contribution in [0.1, 0.15) is 25.1 Å². The molecule has 0 atom stereocenters. The Balaban J connectivity index is 2.60. The molecule has 22 heavy (non-hydrogen) atoms. The van der Waals surface area contributed by atoms with Gasteiger partial charge in [0.15, 0.2) is 0 Å². The third-order valence-electron chi connectivity index (χ3n) is 3.52. The van der Waals surface area contributed by atoms with Crippen molar-refractivity contribution in [2.75, 3.05) is 25.6 Å². The van der Waals surface area contributed by atoms with Crippen molar-refractivity contribution in [1.82, 2.24) is 4.98 Å². The zero-order valence-corrected chi connectivity index (χ0v) is 14.0. The summed E-state index contributed by atoms with van der Waals surface area (Å²) in [6, 6.07) is 8.22. The zero-order chi connectivity index (χ0) is 16.3. The van der Waals surface area contributed by atoms with Gasteiger partial charge in [-0.2, -0.15) is 5.26 Å². The minimum atomic E-state index is 0.360. The fourth-order valence-electron chi connectivity index (χ4n) is 2.54. The Morgan fingerprint density at radius 1 is 1.32 bits per heavy atom. The number of aromatic nitrogens is 1. The number of pyridine rings is 1. The van der Waals surface area contributed by atoms with Crippen molar-refractivity contribution in [3.8, 4) is 11.8 Å². The van der Waals surface area contributed by atoms with Gasteiger partial charge in [-0.15, -0.1) is 0 Å². The van der Waals surface area contributed by atoms with Gasteiger partial charge in [-0.05, 0) is 31.0 Å². The third kappa shape index (κ3) is 3.30. The average molecular weight is 297 g/mol. The van der Waals surface area contributed by atoms with E-state index in [1.165, 1.54) is 0 Å². The summed E-state index contributed by atoms with van der Waals surface area (Å²) in [6.07, 6.45) is 0.360. The van der Waals surface area contributed by atoms with Crippen LogP contribution in [-0.4, -0.2) is 25.7 Å². The molecule has 0 radical (unpaired) electrons. The molecule has 0 aliphatic heterocycles. The number of aryl methyl sites for hydroxylation is 1. The van der Waals surface area contributed by atoms with Gasteiger partial charge in [0.2, 0.25) is 0 Å². The Morgan fingerprint density at radius 3 is 2.64 bits per heavy atom. The van der Waals surface area contributed by atoms with Crippen LogP contribution in [0.15, 0.2) is 18.2 Å². The second kappa shape index (κ2) is 6.65. The highest BCUT2D eigenvalue weighted by molar-refractivity contribution is 5.94. The van der Waals surface area contributed by atoms with Crippen LogP contribution < -0.4 is 9.64 Å². The second-order valence-electron chi connectivity index (χ2n) is 6.14. The molecular weight excluding hydrogens is 274 g/mol. The van der Waals surface area contributed by atoms with E-state index in [2.05, 4.69) is 29.8 Å². The molecule has 2 rings (SSSR count). The van der Waals surface area contributed by atoms with E-state index in [0.717, 1.165) is 33.6 Å². The molecule has 0 bridgehead atoms. The lowest BCUT2D eigenvalue weighted by Crippen LogP contribution is -2.14. The lowest BCUT2D eigenvalue weighted by Gasteiger charge is -2.21. The highest BCUT2D eigenvalue weighted by Crippen LogP contribution is 2.33. The van der Waals surface area contributed by atoms with E-state index in [1.807, 2.05) is 39.2 Å². The standard InChI is InChI=1S/C18H23N3O/c1-12(2)11-22-14-6-7-17-16(10-14)18(21(4)5)15(8-9-19)13(3)20-17/h6-7,10,12H,8,11H2,1-5H3. The van der Waals surface area contributed by atoms with Gasteiger partial charge in [0.05, 0.1) is 30.3 Å². The summed E-state index contributed by atoms with van der Waals surface area (Å²) in [6.45, 7) is 6.90. The van der Waals surface area contributed by atoms with Crippen molar-refractivity contribution in [3.63, 3.8) is 0 Å². The molecule has 0 aliphatic rings. The summed E-state index contributed by atoms with van der Waals surface area (Å²) in [4.78, 5) is 6.69. The number of hydrogen-bond acceptors (Lipinski definition) is 4. The van der Waals surface area contributed by atoms with Gasteiger partial charge in [0.1, 0.15) is 5.75 Å². The normalized spacial score (nSPS) is 10.8. The van der Waals surface area contributed by atoms with Crippen LogP contribution in [0.25, 0.3) is 10.9 Å². The van der Waals surface area contributed by atoms with Gasteiger partial charge < -0.3 is 9.64 Å². The topological polar surface area (TPSA) is 49.1 Å². The first kappa shape index (κ1) is 16.1. The minimum Gasteiger partial charge on any atom is -0.493 e. The third-order valence-corrected chi connectivity index (χ3v) is 3.52. The number of nitrogens with zero attached hydrogens (tertiary/aromatic N) is 3. The number of ether oxygens (including phenoxy) is 1. The lowest BCUT2D eigenvalue weighted by atomic mass is 10.0. The van der Waals surface area contributed by atoms with Crippen molar-refractivity contribution in [3.05, 3.63) is 29.5 Å². The number of nitriles is 1. The molecule has 0 saturated heterocycles. The first-order chi connectivity index (χ1) is 10.4. The van der Waals surface area contributed by atoms with Gasteiger partial charge in [0, 0.05) is 30.7 Å². The van der Waals surface area contributed by atoms with Crippen molar-refractivity contribution < 1.29 is 4.74 Å². The zero-order valence-electron chi connectivity index (χ0n) is 14.0. The molecule has 4 heteroatoms. The van der Waals surface area contributed by atoms with Gasteiger partial charge in [0.25, 0.3) is 0 Å². The molecule has 0 N–H and O–H groups in total. The molecule has 2 aromatic rings. The predicted octanol–water partition coefficient (Wildman–Crippen LogP) is 3.71. The molecule has 4 nitrogen and oxygen atoms in total. The summed E-state index contributed by atoms with van der Waals surface area (Å²) < 4.78 is 5.83. The highest BCUT2D eigenvalue weighted by atomic mass is 16.5. The van der Waals surface area contributed by atoms with Gasteiger partial charge in [-0.1, -0.05) is 13.8 Å². The monoisotopic (exact) mass is 297 g/mol. The molecular formula is C18H23N3O. The average Bonchev–Trinajstić information content (AvgIpc) is 2.45. The van der Waals surface area contributed by atoms with Crippen LogP contribution in [0.4, 0.5) is 5.69 Å². The van der Waals surface area contributed by atoms with Crippen molar-refractivity contribution >= 4 is 16.6 Å². The second-order valence-corrected chi connectivity index (χ2v) is 6.14. The molecule has 116 valence electrons. The molecule has 0 spiro atoms. The minimum absolute atomic E-state index is 0.360. The van der Waals surface area contributed by atoms with E-state index in [4.69, 9.17) is 10.00 Å².